The average molecular weight is 399 g/mol. The van der Waals surface area contributed by atoms with E-state index >= 15 is 0 Å². The topological polar surface area (TPSA) is 49.9 Å². The summed E-state index contributed by atoms with van der Waals surface area (Å²) in [5.74, 6) is -0.326. The summed E-state index contributed by atoms with van der Waals surface area (Å²) >= 11 is 5.82. The van der Waals surface area contributed by atoms with Gasteiger partial charge in [0.05, 0.1) is 18.6 Å². The Balaban J connectivity index is 1.70. The Hall–Kier alpha value is -1.83. The van der Waals surface area contributed by atoms with Gasteiger partial charge in [-0.3, -0.25) is 4.18 Å². The van der Waals surface area contributed by atoms with Crippen molar-refractivity contribution in [2.24, 2.45) is 0 Å². The van der Waals surface area contributed by atoms with Crippen LogP contribution >= 0.6 is 11.6 Å². The lowest BCUT2D eigenvalue weighted by Crippen LogP contribution is -2.47. The highest BCUT2D eigenvalue weighted by Gasteiger charge is 2.21. The second-order valence-corrected chi connectivity index (χ2v) is 8.25. The van der Waals surface area contributed by atoms with Crippen LogP contribution < -0.4 is 9.80 Å². The molecule has 0 aliphatic carbocycles. The molecule has 0 aromatic heterocycles. The summed E-state index contributed by atoms with van der Waals surface area (Å²) in [5.41, 5.74) is 2.29. The van der Waals surface area contributed by atoms with Gasteiger partial charge in [0.1, 0.15) is 5.82 Å². The molecule has 26 heavy (non-hydrogen) atoms. The minimum Gasteiger partial charge on any atom is -0.368 e. The standard InChI is InChI=1S/C18H20ClFN2O3S/c1-26(23,24)25-13-14-4-2-3-5-17(14)21-8-10-22(11-9-21)18-7-6-15(19)12-16(18)20/h2-7,12H,8-11,13H2,1H3. The Morgan fingerprint density at radius 1 is 1.04 bits per heavy atom. The van der Waals surface area contributed by atoms with Crippen LogP contribution in [-0.2, 0) is 20.9 Å². The van der Waals surface area contributed by atoms with Crippen molar-refractivity contribution in [3.8, 4) is 0 Å². The Bertz CT molecular complexity index is 884. The molecule has 2 aromatic carbocycles. The van der Waals surface area contributed by atoms with Gasteiger partial charge in [-0.15, -0.1) is 0 Å². The molecule has 1 aliphatic rings. The zero-order valence-corrected chi connectivity index (χ0v) is 15.9. The van der Waals surface area contributed by atoms with Crippen LogP contribution in [0.1, 0.15) is 5.56 Å². The first-order valence-corrected chi connectivity index (χ1v) is 10.4. The van der Waals surface area contributed by atoms with Gasteiger partial charge in [0.2, 0.25) is 0 Å². The molecule has 0 unspecified atom stereocenters. The van der Waals surface area contributed by atoms with Gasteiger partial charge in [-0.2, -0.15) is 8.42 Å². The highest BCUT2D eigenvalue weighted by Crippen LogP contribution is 2.27. The van der Waals surface area contributed by atoms with Gasteiger partial charge in [-0.1, -0.05) is 29.8 Å². The molecule has 0 N–H and O–H groups in total. The zero-order chi connectivity index (χ0) is 18.7. The number of nitrogens with zero attached hydrogens (tertiary/aromatic N) is 2. The van der Waals surface area contributed by atoms with Gasteiger partial charge in [0, 0.05) is 42.5 Å². The fourth-order valence-corrected chi connectivity index (χ4v) is 3.54. The molecule has 140 valence electrons. The van der Waals surface area contributed by atoms with Gasteiger partial charge in [-0.25, -0.2) is 4.39 Å². The first-order chi connectivity index (χ1) is 12.3. The third-order valence-corrected chi connectivity index (χ3v) is 5.07. The number of para-hydroxylation sites is 1. The van der Waals surface area contributed by atoms with Crippen LogP contribution in [0.15, 0.2) is 42.5 Å². The first-order valence-electron chi connectivity index (χ1n) is 8.21. The van der Waals surface area contributed by atoms with E-state index in [4.69, 9.17) is 15.8 Å². The molecule has 1 saturated heterocycles. The first kappa shape index (κ1) is 18.9. The van der Waals surface area contributed by atoms with Crippen molar-refractivity contribution in [3.05, 3.63) is 58.9 Å². The fraction of sp³-hybridized carbons (Fsp3) is 0.333. The van der Waals surface area contributed by atoms with E-state index in [2.05, 4.69) is 4.90 Å². The number of halogens is 2. The highest BCUT2D eigenvalue weighted by molar-refractivity contribution is 7.85. The van der Waals surface area contributed by atoms with Crippen molar-refractivity contribution in [3.63, 3.8) is 0 Å². The molecule has 0 saturated carbocycles. The third-order valence-electron chi connectivity index (χ3n) is 4.29. The van der Waals surface area contributed by atoms with Gasteiger partial charge >= 0.3 is 0 Å². The van der Waals surface area contributed by atoms with Crippen molar-refractivity contribution in [1.29, 1.82) is 0 Å². The molecule has 1 fully saturated rings. The predicted octanol–water partition coefficient (Wildman–Crippen LogP) is 3.28. The quantitative estimate of drug-likeness (QED) is 0.723. The Labute approximate surface area is 158 Å². The van der Waals surface area contributed by atoms with E-state index in [1.165, 1.54) is 6.07 Å². The van der Waals surface area contributed by atoms with Crippen LogP contribution in [0.3, 0.4) is 0 Å². The molecular formula is C18H20ClFN2O3S. The minimum atomic E-state index is -3.50. The van der Waals surface area contributed by atoms with Crippen LogP contribution in [-0.4, -0.2) is 40.9 Å². The van der Waals surface area contributed by atoms with Crippen LogP contribution in [0.4, 0.5) is 15.8 Å². The van der Waals surface area contributed by atoms with E-state index in [1.807, 2.05) is 29.2 Å². The summed E-state index contributed by atoms with van der Waals surface area (Å²) in [4.78, 5) is 4.14. The van der Waals surface area contributed by atoms with Gasteiger partial charge in [0.25, 0.3) is 10.1 Å². The van der Waals surface area contributed by atoms with E-state index < -0.39 is 10.1 Å². The third kappa shape index (κ3) is 4.66. The van der Waals surface area contributed by atoms with Crippen LogP contribution in [0.5, 0.6) is 0 Å². The monoisotopic (exact) mass is 398 g/mol. The number of benzene rings is 2. The normalized spacial score (nSPS) is 15.3. The molecule has 3 rings (SSSR count). The van der Waals surface area contributed by atoms with Crippen molar-refractivity contribution in [2.45, 2.75) is 6.61 Å². The molecule has 0 amide bonds. The smallest absolute Gasteiger partial charge is 0.264 e. The van der Waals surface area contributed by atoms with Crippen LogP contribution in [0.25, 0.3) is 0 Å². The van der Waals surface area contributed by atoms with Crippen LogP contribution in [0, 0.1) is 5.82 Å². The summed E-state index contributed by atoms with van der Waals surface area (Å²) in [6.45, 7) is 2.69. The van der Waals surface area contributed by atoms with E-state index in [0.29, 0.717) is 36.9 Å². The molecule has 1 heterocycles. The summed E-state index contributed by atoms with van der Waals surface area (Å²) in [6, 6.07) is 12.3. The zero-order valence-electron chi connectivity index (χ0n) is 14.4. The van der Waals surface area contributed by atoms with E-state index in [9.17, 15) is 12.8 Å². The Kier molecular flexibility index (Phi) is 5.70. The number of piperazine rings is 1. The second kappa shape index (κ2) is 7.82. The lowest BCUT2D eigenvalue weighted by atomic mass is 10.1. The van der Waals surface area contributed by atoms with Gasteiger partial charge in [0.15, 0.2) is 0 Å². The van der Waals surface area contributed by atoms with E-state index in [-0.39, 0.29) is 12.4 Å². The molecule has 5 nitrogen and oxygen atoms in total. The van der Waals surface area contributed by atoms with Crippen molar-refractivity contribution in [1.82, 2.24) is 0 Å². The van der Waals surface area contributed by atoms with Crippen molar-refractivity contribution >= 4 is 33.1 Å². The number of hydrogen-bond acceptors (Lipinski definition) is 5. The summed E-state index contributed by atoms with van der Waals surface area (Å²) < 4.78 is 41.6. The van der Waals surface area contributed by atoms with Gasteiger partial charge in [-0.05, 0) is 24.3 Å². The average Bonchev–Trinajstić information content (AvgIpc) is 2.60. The molecule has 0 radical (unpaired) electrons. The summed E-state index contributed by atoms with van der Waals surface area (Å²) in [7, 11) is -3.50. The van der Waals surface area contributed by atoms with E-state index in [0.717, 1.165) is 17.5 Å². The molecular weight excluding hydrogens is 379 g/mol. The molecule has 2 aromatic rings. The summed E-state index contributed by atoms with van der Waals surface area (Å²) in [5, 5.41) is 0.379. The second-order valence-electron chi connectivity index (χ2n) is 6.16. The Morgan fingerprint density at radius 2 is 1.65 bits per heavy atom. The number of anilines is 2. The Morgan fingerprint density at radius 3 is 2.27 bits per heavy atom. The van der Waals surface area contributed by atoms with Crippen molar-refractivity contribution in [2.75, 3.05) is 42.2 Å². The fourth-order valence-electron chi connectivity index (χ4n) is 3.04. The SMILES string of the molecule is CS(=O)(=O)OCc1ccccc1N1CCN(c2ccc(Cl)cc2F)CC1. The number of hydrogen-bond donors (Lipinski definition) is 0. The molecule has 0 atom stereocenters. The van der Waals surface area contributed by atoms with Crippen molar-refractivity contribution < 1.29 is 17.0 Å². The number of rotatable bonds is 5. The lowest BCUT2D eigenvalue weighted by Gasteiger charge is -2.38. The molecule has 0 bridgehead atoms. The molecule has 1 aliphatic heterocycles. The largest absolute Gasteiger partial charge is 0.368 e. The van der Waals surface area contributed by atoms with Crippen LogP contribution in [0.2, 0.25) is 5.02 Å². The maximum Gasteiger partial charge on any atom is 0.264 e. The predicted molar refractivity (Wildman–Crippen MR) is 102 cm³/mol. The van der Waals surface area contributed by atoms with Gasteiger partial charge < -0.3 is 9.80 Å². The lowest BCUT2D eigenvalue weighted by molar-refractivity contribution is 0.312. The molecule has 8 heteroatoms. The summed E-state index contributed by atoms with van der Waals surface area (Å²) in [6.07, 6.45) is 1.04. The maximum atomic E-state index is 14.1. The maximum absolute atomic E-state index is 14.1. The van der Waals surface area contributed by atoms with E-state index in [1.54, 1.807) is 12.1 Å². The molecule has 0 spiro atoms. The highest BCUT2D eigenvalue weighted by atomic mass is 35.5. The minimum absolute atomic E-state index is 0.00103.